The van der Waals surface area contributed by atoms with Crippen LogP contribution in [0.5, 0.6) is 0 Å². The Hall–Kier alpha value is -1.29. The molecule has 2 heterocycles. The van der Waals surface area contributed by atoms with Gasteiger partial charge >= 0.3 is 0 Å². The predicted octanol–water partition coefficient (Wildman–Crippen LogP) is 5.52. The van der Waals surface area contributed by atoms with Gasteiger partial charge in [-0.3, -0.25) is 0 Å². The second-order valence-electron chi connectivity index (χ2n) is 4.48. The fourth-order valence-corrected chi connectivity index (χ4v) is 3.80. The molecule has 1 N–H and O–H groups in total. The van der Waals surface area contributed by atoms with Crippen LogP contribution in [0, 0.1) is 6.92 Å². The minimum atomic E-state index is 0.488. The highest BCUT2D eigenvalue weighted by atomic mass is 35.5. The van der Waals surface area contributed by atoms with E-state index in [1.165, 1.54) is 4.70 Å². The number of rotatable bonds is 3. The second-order valence-corrected chi connectivity index (χ2v) is 6.36. The molecule has 20 heavy (non-hydrogen) atoms. The highest BCUT2D eigenvalue weighted by Gasteiger charge is 2.11. The lowest BCUT2D eigenvalue weighted by Crippen LogP contribution is -2.01. The molecule has 0 atom stereocenters. The molecule has 2 nitrogen and oxygen atoms in total. The van der Waals surface area contributed by atoms with E-state index < -0.39 is 0 Å². The number of aryl methyl sites for hydroxylation is 1. The number of hydrogen-bond donors (Lipinski definition) is 1. The van der Waals surface area contributed by atoms with Crippen LogP contribution in [0.25, 0.3) is 10.1 Å². The van der Waals surface area contributed by atoms with E-state index in [-0.39, 0.29) is 0 Å². The van der Waals surface area contributed by atoms with Crippen molar-refractivity contribution in [3.8, 4) is 0 Å². The number of pyridine rings is 1. The first kappa shape index (κ1) is 13.7. The summed E-state index contributed by atoms with van der Waals surface area (Å²) in [6.07, 6.45) is 1.70. The third-order valence-electron chi connectivity index (χ3n) is 3.14. The first-order valence-electron chi connectivity index (χ1n) is 6.17. The Morgan fingerprint density at radius 3 is 2.75 bits per heavy atom. The quantitative estimate of drug-likeness (QED) is 0.642. The highest BCUT2D eigenvalue weighted by molar-refractivity contribution is 7.19. The fourth-order valence-electron chi connectivity index (χ4n) is 2.08. The summed E-state index contributed by atoms with van der Waals surface area (Å²) in [6, 6.07) is 10.1. The highest BCUT2D eigenvalue weighted by Crippen LogP contribution is 2.36. The van der Waals surface area contributed by atoms with Gasteiger partial charge in [-0.05, 0) is 24.6 Å². The summed E-state index contributed by atoms with van der Waals surface area (Å²) in [4.78, 5) is 5.19. The molecule has 0 spiro atoms. The lowest BCUT2D eigenvalue weighted by molar-refractivity contribution is 1.16. The molecular weight excluding hydrogens is 311 g/mol. The fraction of sp³-hybridized carbons (Fsp3) is 0.133. The average Bonchev–Trinajstić information content (AvgIpc) is 2.76. The number of benzene rings is 1. The molecule has 0 aliphatic carbocycles. The Bertz CT molecular complexity index is 747. The average molecular weight is 323 g/mol. The van der Waals surface area contributed by atoms with Crippen molar-refractivity contribution in [2.75, 3.05) is 5.32 Å². The maximum atomic E-state index is 6.42. The monoisotopic (exact) mass is 322 g/mol. The van der Waals surface area contributed by atoms with Crippen molar-refractivity contribution in [1.82, 2.24) is 4.98 Å². The van der Waals surface area contributed by atoms with Crippen LogP contribution in [0.2, 0.25) is 10.2 Å². The molecule has 0 bridgehead atoms. The standard InChI is InChI=1S/C15H12Cl2N2S/c1-9-6-7-18-15(17)14(9)19-8-12-13(16)10-4-2-3-5-11(10)20-12/h2-7,19H,8H2,1H3. The lowest BCUT2D eigenvalue weighted by Gasteiger charge is -2.09. The van der Waals surface area contributed by atoms with E-state index in [1.54, 1.807) is 17.5 Å². The number of aromatic nitrogens is 1. The van der Waals surface area contributed by atoms with E-state index in [9.17, 15) is 0 Å². The maximum absolute atomic E-state index is 6.42. The van der Waals surface area contributed by atoms with Crippen molar-refractivity contribution in [3.63, 3.8) is 0 Å². The van der Waals surface area contributed by atoms with Gasteiger partial charge in [0.2, 0.25) is 0 Å². The zero-order valence-corrected chi connectivity index (χ0v) is 13.1. The molecule has 5 heteroatoms. The summed E-state index contributed by atoms with van der Waals surface area (Å²) in [5.41, 5.74) is 1.94. The van der Waals surface area contributed by atoms with Crippen molar-refractivity contribution in [2.45, 2.75) is 13.5 Å². The predicted molar refractivity (Wildman–Crippen MR) is 88.1 cm³/mol. The van der Waals surface area contributed by atoms with E-state index in [0.717, 1.165) is 26.5 Å². The number of halogens is 2. The summed E-state index contributed by atoms with van der Waals surface area (Å²) >= 11 is 14.2. The molecule has 0 saturated carbocycles. The van der Waals surface area contributed by atoms with Crippen LogP contribution in [0.15, 0.2) is 36.5 Å². The van der Waals surface area contributed by atoms with E-state index >= 15 is 0 Å². The Morgan fingerprint density at radius 2 is 2.00 bits per heavy atom. The maximum Gasteiger partial charge on any atom is 0.152 e. The number of nitrogens with one attached hydrogen (secondary N) is 1. The van der Waals surface area contributed by atoms with Gasteiger partial charge < -0.3 is 5.32 Å². The number of thiophene rings is 1. The normalized spacial score (nSPS) is 10.9. The summed E-state index contributed by atoms with van der Waals surface area (Å²) in [5, 5.41) is 5.74. The van der Waals surface area contributed by atoms with Crippen LogP contribution in [-0.4, -0.2) is 4.98 Å². The molecular formula is C15H12Cl2N2S. The van der Waals surface area contributed by atoms with Gasteiger partial charge in [-0.25, -0.2) is 4.98 Å². The zero-order valence-electron chi connectivity index (χ0n) is 10.8. The summed E-state index contributed by atoms with van der Waals surface area (Å²) < 4.78 is 1.20. The van der Waals surface area contributed by atoms with E-state index in [2.05, 4.69) is 16.4 Å². The van der Waals surface area contributed by atoms with E-state index in [4.69, 9.17) is 23.2 Å². The lowest BCUT2D eigenvalue weighted by atomic mass is 10.2. The molecule has 0 aliphatic rings. The molecule has 102 valence electrons. The molecule has 0 radical (unpaired) electrons. The van der Waals surface area contributed by atoms with Crippen LogP contribution >= 0.6 is 34.5 Å². The zero-order chi connectivity index (χ0) is 14.1. The Kier molecular flexibility index (Phi) is 3.83. The van der Waals surface area contributed by atoms with Gasteiger partial charge in [0.15, 0.2) is 5.15 Å². The molecule has 0 saturated heterocycles. The van der Waals surface area contributed by atoms with Gasteiger partial charge in [-0.15, -0.1) is 11.3 Å². The summed E-state index contributed by atoms with van der Waals surface area (Å²) in [7, 11) is 0. The molecule has 2 aromatic heterocycles. The Morgan fingerprint density at radius 1 is 1.20 bits per heavy atom. The van der Waals surface area contributed by atoms with Crippen LogP contribution < -0.4 is 5.32 Å². The van der Waals surface area contributed by atoms with E-state index in [0.29, 0.717) is 11.7 Å². The topological polar surface area (TPSA) is 24.9 Å². The number of hydrogen-bond acceptors (Lipinski definition) is 3. The second kappa shape index (κ2) is 5.60. The summed E-state index contributed by atoms with van der Waals surface area (Å²) in [5.74, 6) is 0. The van der Waals surface area contributed by atoms with Gasteiger partial charge in [0.1, 0.15) is 0 Å². The van der Waals surface area contributed by atoms with Gasteiger partial charge in [0, 0.05) is 21.2 Å². The van der Waals surface area contributed by atoms with E-state index in [1.807, 2.05) is 31.2 Å². The SMILES string of the molecule is Cc1ccnc(Cl)c1NCc1sc2ccccc2c1Cl. The smallest absolute Gasteiger partial charge is 0.152 e. The van der Waals surface area contributed by atoms with Crippen LogP contribution in [0.1, 0.15) is 10.4 Å². The van der Waals surface area contributed by atoms with Gasteiger partial charge in [-0.1, -0.05) is 41.4 Å². The molecule has 3 rings (SSSR count). The minimum absolute atomic E-state index is 0.488. The first-order chi connectivity index (χ1) is 9.66. The van der Waals surface area contributed by atoms with Crippen LogP contribution in [-0.2, 0) is 6.54 Å². The van der Waals surface area contributed by atoms with Gasteiger partial charge in [0.05, 0.1) is 17.3 Å². The largest absolute Gasteiger partial charge is 0.377 e. The third-order valence-corrected chi connectivity index (χ3v) is 5.14. The van der Waals surface area contributed by atoms with Crippen molar-refractivity contribution in [1.29, 1.82) is 0 Å². The number of fused-ring (bicyclic) bond motifs is 1. The van der Waals surface area contributed by atoms with Crippen molar-refractivity contribution in [3.05, 3.63) is 57.1 Å². The van der Waals surface area contributed by atoms with Crippen molar-refractivity contribution < 1.29 is 0 Å². The van der Waals surface area contributed by atoms with Crippen molar-refractivity contribution >= 4 is 50.3 Å². The molecule has 1 aromatic carbocycles. The Balaban J connectivity index is 1.89. The minimum Gasteiger partial charge on any atom is -0.377 e. The number of nitrogens with zero attached hydrogens (tertiary/aromatic N) is 1. The molecule has 0 unspecified atom stereocenters. The van der Waals surface area contributed by atoms with Crippen LogP contribution in [0.4, 0.5) is 5.69 Å². The molecule has 3 aromatic rings. The van der Waals surface area contributed by atoms with Crippen LogP contribution in [0.3, 0.4) is 0 Å². The van der Waals surface area contributed by atoms with Gasteiger partial charge in [0.25, 0.3) is 0 Å². The molecule has 0 amide bonds. The summed E-state index contributed by atoms with van der Waals surface area (Å²) in [6.45, 7) is 2.65. The van der Waals surface area contributed by atoms with Crippen molar-refractivity contribution in [2.24, 2.45) is 0 Å². The third kappa shape index (κ3) is 2.49. The molecule has 0 aliphatic heterocycles. The first-order valence-corrected chi connectivity index (χ1v) is 7.75. The Labute approximate surface area is 131 Å². The molecule has 0 fully saturated rings. The van der Waals surface area contributed by atoms with Gasteiger partial charge in [-0.2, -0.15) is 0 Å². The number of anilines is 1.